The van der Waals surface area contributed by atoms with Gasteiger partial charge in [-0.3, -0.25) is 4.79 Å². The molecule has 3 nitrogen and oxygen atoms in total. The third-order valence-electron chi connectivity index (χ3n) is 3.74. The summed E-state index contributed by atoms with van der Waals surface area (Å²) in [7, 11) is 0. The second-order valence-electron chi connectivity index (χ2n) is 5.47. The molecule has 1 amide bonds. The van der Waals surface area contributed by atoms with Crippen molar-refractivity contribution in [3.63, 3.8) is 0 Å². The Hall–Kier alpha value is -2.29. The summed E-state index contributed by atoms with van der Waals surface area (Å²) in [6.07, 6.45) is 0. The number of carbonyl (C=O) groups is 1. The fourth-order valence-corrected chi connectivity index (χ4v) is 2.54. The van der Waals surface area contributed by atoms with Crippen molar-refractivity contribution in [3.05, 3.63) is 64.7 Å². The molecule has 0 radical (unpaired) electrons. The molecule has 1 atom stereocenters. The van der Waals surface area contributed by atoms with Gasteiger partial charge in [0.1, 0.15) is 5.75 Å². The van der Waals surface area contributed by atoms with Crippen molar-refractivity contribution in [1.29, 1.82) is 0 Å². The quantitative estimate of drug-likeness (QED) is 0.898. The summed E-state index contributed by atoms with van der Waals surface area (Å²) in [5.74, 6) is 0.757. The minimum Gasteiger partial charge on any atom is -0.494 e. The van der Waals surface area contributed by atoms with Crippen LogP contribution in [-0.4, -0.2) is 12.5 Å². The van der Waals surface area contributed by atoms with E-state index < -0.39 is 0 Å². The number of ether oxygens (including phenoxy) is 1. The minimum atomic E-state index is -0.0677. The molecule has 3 heteroatoms. The molecule has 22 heavy (non-hydrogen) atoms. The fraction of sp³-hybridized carbons (Fsp3) is 0.316. The Kier molecular flexibility index (Phi) is 5.21. The highest BCUT2D eigenvalue weighted by atomic mass is 16.5. The van der Waals surface area contributed by atoms with E-state index >= 15 is 0 Å². The van der Waals surface area contributed by atoms with E-state index in [2.05, 4.69) is 18.3 Å². The zero-order valence-electron chi connectivity index (χ0n) is 13.6. The zero-order chi connectivity index (χ0) is 16.1. The van der Waals surface area contributed by atoms with Gasteiger partial charge in [-0.1, -0.05) is 24.3 Å². The van der Waals surface area contributed by atoms with Crippen LogP contribution in [0.15, 0.2) is 42.5 Å². The minimum absolute atomic E-state index is 0.0272. The molecule has 0 fully saturated rings. The highest BCUT2D eigenvalue weighted by molar-refractivity contribution is 5.94. The molecule has 0 saturated carbocycles. The van der Waals surface area contributed by atoms with Gasteiger partial charge in [-0.05, 0) is 62.6 Å². The lowest BCUT2D eigenvalue weighted by Crippen LogP contribution is -2.27. The predicted octanol–water partition coefficient (Wildman–Crippen LogP) is 4.19. The van der Waals surface area contributed by atoms with Crippen LogP contribution >= 0.6 is 0 Å². The molecule has 0 bridgehead atoms. The van der Waals surface area contributed by atoms with Crippen molar-refractivity contribution in [2.45, 2.75) is 33.7 Å². The lowest BCUT2D eigenvalue weighted by Gasteiger charge is -2.17. The third-order valence-corrected chi connectivity index (χ3v) is 3.74. The van der Waals surface area contributed by atoms with E-state index in [0.29, 0.717) is 12.2 Å². The Morgan fingerprint density at radius 2 is 1.86 bits per heavy atom. The van der Waals surface area contributed by atoms with Crippen LogP contribution in [0.4, 0.5) is 0 Å². The maximum absolute atomic E-state index is 12.4. The SMILES string of the molecule is CCOc1ccc(C(=O)N[C@H](C)c2ccccc2C)cc1C. The Balaban J connectivity index is 2.12. The Labute approximate surface area is 132 Å². The van der Waals surface area contributed by atoms with Crippen molar-refractivity contribution < 1.29 is 9.53 Å². The van der Waals surface area contributed by atoms with E-state index in [0.717, 1.165) is 16.9 Å². The molecule has 0 aliphatic carbocycles. The van der Waals surface area contributed by atoms with Crippen LogP contribution in [0.3, 0.4) is 0 Å². The fourth-order valence-electron chi connectivity index (χ4n) is 2.54. The first-order valence-corrected chi connectivity index (χ1v) is 7.62. The first-order valence-electron chi connectivity index (χ1n) is 7.62. The summed E-state index contributed by atoms with van der Waals surface area (Å²) < 4.78 is 5.51. The van der Waals surface area contributed by atoms with E-state index in [1.807, 2.05) is 51.1 Å². The summed E-state index contributed by atoms with van der Waals surface area (Å²) in [5.41, 5.74) is 3.94. The van der Waals surface area contributed by atoms with E-state index in [4.69, 9.17) is 4.74 Å². The number of benzene rings is 2. The van der Waals surface area contributed by atoms with E-state index in [1.54, 1.807) is 6.07 Å². The standard InChI is InChI=1S/C19H23NO2/c1-5-22-18-11-10-16(12-14(18)3)19(21)20-15(4)17-9-7-6-8-13(17)2/h6-12,15H,5H2,1-4H3,(H,20,21)/t15-/m1/s1. The highest BCUT2D eigenvalue weighted by Crippen LogP contribution is 2.21. The van der Waals surface area contributed by atoms with Crippen LogP contribution in [0.1, 0.15) is 46.9 Å². The van der Waals surface area contributed by atoms with Crippen molar-refractivity contribution in [2.75, 3.05) is 6.61 Å². The molecule has 0 spiro atoms. The number of rotatable bonds is 5. The molecule has 2 rings (SSSR count). The van der Waals surface area contributed by atoms with Crippen LogP contribution in [0.2, 0.25) is 0 Å². The van der Waals surface area contributed by atoms with Crippen LogP contribution < -0.4 is 10.1 Å². The number of nitrogens with one attached hydrogen (secondary N) is 1. The molecule has 0 saturated heterocycles. The van der Waals surface area contributed by atoms with Crippen LogP contribution in [0.5, 0.6) is 5.75 Å². The molecule has 2 aromatic carbocycles. The molecule has 0 heterocycles. The molecule has 2 aromatic rings. The summed E-state index contributed by atoms with van der Waals surface area (Å²) in [6, 6.07) is 13.6. The van der Waals surface area contributed by atoms with Gasteiger partial charge in [-0.25, -0.2) is 0 Å². The van der Waals surface area contributed by atoms with Crippen LogP contribution in [0, 0.1) is 13.8 Å². The lowest BCUT2D eigenvalue weighted by molar-refractivity contribution is 0.0939. The molecule has 0 aromatic heterocycles. The third kappa shape index (κ3) is 3.67. The average molecular weight is 297 g/mol. The number of hydrogen-bond acceptors (Lipinski definition) is 2. The average Bonchev–Trinajstić information content (AvgIpc) is 2.49. The lowest BCUT2D eigenvalue weighted by atomic mass is 10.0. The van der Waals surface area contributed by atoms with Gasteiger partial charge in [0.15, 0.2) is 0 Å². The molecular weight excluding hydrogens is 274 g/mol. The van der Waals surface area contributed by atoms with Gasteiger partial charge < -0.3 is 10.1 Å². The number of amides is 1. The Bertz CT molecular complexity index is 664. The molecule has 0 aliphatic heterocycles. The molecular formula is C19H23NO2. The maximum atomic E-state index is 12.4. The van der Waals surface area contributed by atoms with Crippen molar-refractivity contribution >= 4 is 5.91 Å². The van der Waals surface area contributed by atoms with E-state index in [9.17, 15) is 4.79 Å². The monoisotopic (exact) mass is 297 g/mol. The number of hydrogen-bond donors (Lipinski definition) is 1. The summed E-state index contributed by atoms with van der Waals surface area (Å²) in [5, 5.41) is 3.05. The van der Waals surface area contributed by atoms with Gasteiger partial charge in [0.25, 0.3) is 5.91 Å². The van der Waals surface area contributed by atoms with Crippen molar-refractivity contribution in [1.82, 2.24) is 5.32 Å². The summed E-state index contributed by atoms with van der Waals surface area (Å²) in [4.78, 5) is 12.4. The van der Waals surface area contributed by atoms with E-state index in [-0.39, 0.29) is 11.9 Å². The second kappa shape index (κ2) is 7.12. The molecule has 0 aliphatic rings. The topological polar surface area (TPSA) is 38.3 Å². The van der Waals surface area contributed by atoms with Gasteiger partial charge in [0, 0.05) is 5.56 Å². The largest absolute Gasteiger partial charge is 0.494 e. The van der Waals surface area contributed by atoms with Crippen LogP contribution in [0.25, 0.3) is 0 Å². The maximum Gasteiger partial charge on any atom is 0.251 e. The van der Waals surface area contributed by atoms with Gasteiger partial charge in [0.2, 0.25) is 0 Å². The number of aryl methyl sites for hydroxylation is 2. The van der Waals surface area contributed by atoms with Gasteiger partial charge in [0.05, 0.1) is 12.6 Å². The van der Waals surface area contributed by atoms with Crippen molar-refractivity contribution in [2.24, 2.45) is 0 Å². The Morgan fingerprint density at radius 1 is 1.14 bits per heavy atom. The second-order valence-corrected chi connectivity index (χ2v) is 5.47. The first-order chi connectivity index (χ1) is 10.5. The summed E-state index contributed by atoms with van der Waals surface area (Å²) >= 11 is 0. The van der Waals surface area contributed by atoms with Gasteiger partial charge in [-0.15, -0.1) is 0 Å². The van der Waals surface area contributed by atoms with Gasteiger partial charge >= 0.3 is 0 Å². The molecule has 1 N–H and O–H groups in total. The van der Waals surface area contributed by atoms with E-state index in [1.165, 1.54) is 5.56 Å². The molecule has 0 unspecified atom stereocenters. The number of carbonyl (C=O) groups excluding carboxylic acids is 1. The van der Waals surface area contributed by atoms with Crippen molar-refractivity contribution in [3.8, 4) is 5.75 Å². The highest BCUT2D eigenvalue weighted by Gasteiger charge is 2.13. The van der Waals surface area contributed by atoms with Crippen LogP contribution in [-0.2, 0) is 0 Å². The normalized spacial score (nSPS) is 11.8. The zero-order valence-corrected chi connectivity index (χ0v) is 13.6. The predicted molar refractivity (Wildman–Crippen MR) is 89.4 cm³/mol. The first kappa shape index (κ1) is 16.1. The Morgan fingerprint density at radius 3 is 2.50 bits per heavy atom. The smallest absolute Gasteiger partial charge is 0.251 e. The van der Waals surface area contributed by atoms with Gasteiger partial charge in [-0.2, -0.15) is 0 Å². The summed E-state index contributed by atoms with van der Waals surface area (Å²) in [6.45, 7) is 8.58. The molecule has 116 valence electrons.